The fourth-order valence-corrected chi connectivity index (χ4v) is 3.91. The molecule has 1 aliphatic rings. The smallest absolute Gasteiger partial charge is 0.231 e. The average molecular weight is 484 g/mol. The minimum Gasteiger partial charge on any atom is -0.490 e. The van der Waals surface area contributed by atoms with E-state index in [9.17, 15) is 0 Å². The van der Waals surface area contributed by atoms with E-state index in [0.29, 0.717) is 19.8 Å². The minimum atomic E-state index is 0.289. The average Bonchev–Trinajstić information content (AvgIpc) is 3.23. The van der Waals surface area contributed by atoms with Gasteiger partial charge in [-0.1, -0.05) is 51.8 Å². The molecule has 0 aliphatic carbocycles. The molecule has 1 heterocycles. The molecule has 0 bridgehead atoms. The lowest BCUT2D eigenvalue weighted by Gasteiger charge is -2.16. The van der Waals surface area contributed by atoms with Gasteiger partial charge in [0.2, 0.25) is 6.79 Å². The molecule has 0 saturated heterocycles. The van der Waals surface area contributed by atoms with Crippen molar-refractivity contribution in [2.45, 2.75) is 33.5 Å². The minimum absolute atomic E-state index is 0.289. The van der Waals surface area contributed by atoms with Crippen LogP contribution in [0.4, 0.5) is 0 Å². The van der Waals surface area contributed by atoms with Crippen molar-refractivity contribution >= 4 is 15.9 Å². The summed E-state index contributed by atoms with van der Waals surface area (Å²) in [6, 6.07) is 18.3. The van der Waals surface area contributed by atoms with Gasteiger partial charge in [-0.3, -0.25) is 0 Å². The molecule has 1 aliphatic heterocycles. The quantitative estimate of drug-likeness (QED) is 0.419. The number of hydrogen-bond donors (Lipinski definition) is 1. The van der Waals surface area contributed by atoms with Crippen LogP contribution in [0.25, 0.3) is 0 Å². The van der Waals surface area contributed by atoms with E-state index in [0.717, 1.165) is 50.7 Å². The van der Waals surface area contributed by atoms with Crippen molar-refractivity contribution in [1.82, 2.24) is 5.32 Å². The fraction of sp³-hybridized carbons (Fsp3) is 0.280. The Balaban J connectivity index is 1.41. The zero-order chi connectivity index (χ0) is 21.6. The van der Waals surface area contributed by atoms with Gasteiger partial charge in [0.25, 0.3) is 0 Å². The summed E-state index contributed by atoms with van der Waals surface area (Å²) >= 11 is 3.69. The summed E-state index contributed by atoms with van der Waals surface area (Å²) in [7, 11) is 0. The third kappa shape index (κ3) is 5.51. The van der Waals surface area contributed by atoms with E-state index in [1.54, 1.807) is 0 Å². The first-order chi connectivity index (χ1) is 15.1. The van der Waals surface area contributed by atoms with Crippen LogP contribution in [0.15, 0.2) is 59.1 Å². The molecule has 3 aromatic carbocycles. The van der Waals surface area contributed by atoms with E-state index in [-0.39, 0.29) is 6.79 Å². The maximum absolute atomic E-state index is 6.08. The molecule has 0 fully saturated rings. The third-order valence-corrected chi connectivity index (χ3v) is 5.71. The maximum Gasteiger partial charge on any atom is 0.231 e. The second-order valence-corrected chi connectivity index (χ2v) is 8.25. The Morgan fingerprint density at radius 3 is 2.58 bits per heavy atom. The lowest BCUT2D eigenvalue weighted by Crippen LogP contribution is -2.13. The van der Waals surface area contributed by atoms with Gasteiger partial charge in [-0.2, -0.15) is 0 Å². The highest BCUT2D eigenvalue weighted by Crippen LogP contribution is 2.35. The van der Waals surface area contributed by atoms with Crippen LogP contribution in [0.5, 0.6) is 23.0 Å². The summed E-state index contributed by atoms with van der Waals surface area (Å²) in [5.74, 6) is 3.08. The predicted octanol–water partition coefficient (Wildman–Crippen LogP) is 5.75. The van der Waals surface area contributed by atoms with Crippen LogP contribution in [-0.2, 0) is 19.7 Å². The van der Waals surface area contributed by atoms with Crippen molar-refractivity contribution < 1.29 is 18.9 Å². The molecule has 5 nitrogen and oxygen atoms in total. The largest absolute Gasteiger partial charge is 0.490 e. The van der Waals surface area contributed by atoms with Crippen LogP contribution in [0.2, 0.25) is 0 Å². The molecule has 0 radical (unpaired) electrons. The Bertz CT molecular complexity index is 1050. The van der Waals surface area contributed by atoms with E-state index in [1.807, 2.05) is 43.3 Å². The van der Waals surface area contributed by atoms with Gasteiger partial charge >= 0.3 is 0 Å². The summed E-state index contributed by atoms with van der Waals surface area (Å²) in [5.41, 5.74) is 4.60. The van der Waals surface area contributed by atoms with Gasteiger partial charge < -0.3 is 24.3 Å². The lowest BCUT2D eigenvalue weighted by molar-refractivity contribution is 0.174. The zero-order valence-corrected chi connectivity index (χ0v) is 19.3. The third-order valence-electron chi connectivity index (χ3n) is 4.97. The van der Waals surface area contributed by atoms with Crippen LogP contribution >= 0.6 is 15.9 Å². The van der Waals surface area contributed by atoms with Crippen LogP contribution < -0.4 is 24.3 Å². The Hall–Kier alpha value is -2.70. The number of hydrogen-bond acceptors (Lipinski definition) is 5. The van der Waals surface area contributed by atoms with Crippen molar-refractivity contribution in [2.24, 2.45) is 0 Å². The second kappa shape index (κ2) is 10.1. The van der Waals surface area contributed by atoms with Gasteiger partial charge in [0.05, 0.1) is 6.61 Å². The van der Waals surface area contributed by atoms with Crippen LogP contribution in [0.1, 0.15) is 29.2 Å². The summed E-state index contributed by atoms with van der Waals surface area (Å²) < 4.78 is 23.7. The van der Waals surface area contributed by atoms with Gasteiger partial charge in [-0.05, 0) is 54.8 Å². The molecule has 31 heavy (non-hydrogen) atoms. The van der Waals surface area contributed by atoms with Gasteiger partial charge in [-0.25, -0.2) is 0 Å². The van der Waals surface area contributed by atoms with Gasteiger partial charge in [-0.15, -0.1) is 0 Å². The summed E-state index contributed by atoms with van der Waals surface area (Å²) in [4.78, 5) is 0. The monoisotopic (exact) mass is 483 g/mol. The van der Waals surface area contributed by atoms with Crippen molar-refractivity contribution in [3.8, 4) is 23.0 Å². The summed E-state index contributed by atoms with van der Waals surface area (Å²) in [5, 5.41) is 3.48. The molecule has 0 spiro atoms. The summed E-state index contributed by atoms with van der Waals surface area (Å²) in [6.45, 7) is 6.83. The van der Waals surface area contributed by atoms with Crippen molar-refractivity contribution in [3.05, 3.63) is 81.3 Å². The van der Waals surface area contributed by atoms with Gasteiger partial charge in [0.15, 0.2) is 23.0 Å². The Labute approximate surface area is 191 Å². The number of aryl methyl sites for hydroxylation is 1. The lowest BCUT2D eigenvalue weighted by atomic mass is 10.1. The highest BCUT2D eigenvalue weighted by molar-refractivity contribution is 9.10. The Kier molecular flexibility index (Phi) is 6.99. The number of fused-ring (bicyclic) bond motifs is 1. The molecule has 162 valence electrons. The molecule has 6 heteroatoms. The first-order valence-electron chi connectivity index (χ1n) is 10.3. The zero-order valence-electron chi connectivity index (χ0n) is 17.7. The first kappa shape index (κ1) is 21.5. The topological polar surface area (TPSA) is 49.0 Å². The molecule has 0 amide bonds. The number of benzene rings is 3. The number of ether oxygens (including phenoxy) is 4. The molecule has 0 unspecified atom stereocenters. The second-order valence-electron chi connectivity index (χ2n) is 7.39. The van der Waals surface area contributed by atoms with Gasteiger partial charge in [0, 0.05) is 17.6 Å². The molecule has 0 atom stereocenters. The Morgan fingerprint density at radius 2 is 1.74 bits per heavy atom. The van der Waals surface area contributed by atoms with Crippen LogP contribution in [0.3, 0.4) is 0 Å². The van der Waals surface area contributed by atoms with E-state index in [4.69, 9.17) is 18.9 Å². The van der Waals surface area contributed by atoms with Gasteiger partial charge in [0.1, 0.15) is 6.61 Å². The molecule has 3 aromatic rings. The van der Waals surface area contributed by atoms with Crippen LogP contribution in [0, 0.1) is 6.92 Å². The summed E-state index contributed by atoms with van der Waals surface area (Å²) in [6.07, 6.45) is 0. The van der Waals surface area contributed by atoms with Crippen molar-refractivity contribution in [3.63, 3.8) is 0 Å². The molecular formula is C25H26BrNO4. The van der Waals surface area contributed by atoms with E-state index in [1.165, 1.54) is 5.56 Å². The maximum atomic E-state index is 6.08. The highest BCUT2D eigenvalue weighted by atomic mass is 79.9. The van der Waals surface area contributed by atoms with E-state index >= 15 is 0 Å². The number of nitrogens with one attached hydrogen (secondary N) is 1. The van der Waals surface area contributed by atoms with Crippen molar-refractivity contribution in [2.75, 3.05) is 13.4 Å². The number of halogens is 1. The van der Waals surface area contributed by atoms with Crippen LogP contribution in [-0.4, -0.2) is 13.4 Å². The molecule has 0 saturated carbocycles. The number of rotatable bonds is 9. The normalized spacial score (nSPS) is 12.1. The standard InChI is InChI=1S/C25H26BrNO4/c1-3-28-24-11-20(14-27-13-18-7-8-22-23(10-18)31-16-30-22)21(26)12-25(24)29-15-19-6-4-5-17(2)9-19/h4-12,27H,3,13-16H2,1-2H3. The Morgan fingerprint density at radius 1 is 0.903 bits per heavy atom. The fourth-order valence-electron chi connectivity index (χ4n) is 3.45. The van der Waals surface area contributed by atoms with Crippen molar-refractivity contribution in [1.29, 1.82) is 0 Å². The SMILES string of the molecule is CCOc1cc(CNCc2ccc3c(c2)OCO3)c(Br)cc1OCc1cccc(C)c1. The molecular weight excluding hydrogens is 458 g/mol. The van der Waals surface area contributed by atoms with E-state index in [2.05, 4.69) is 46.4 Å². The molecule has 1 N–H and O–H groups in total. The first-order valence-corrected chi connectivity index (χ1v) is 11.1. The predicted molar refractivity (Wildman–Crippen MR) is 124 cm³/mol. The molecule has 0 aromatic heterocycles. The highest BCUT2D eigenvalue weighted by Gasteiger charge is 2.14. The molecule has 4 rings (SSSR count). The van der Waals surface area contributed by atoms with E-state index < -0.39 is 0 Å².